The van der Waals surface area contributed by atoms with E-state index < -0.39 is 0 Å². The van der Waals surface area contributed by atoms with Crippen LogP contribution in [0, 0.1) is 3.57 Å². The van der Waals surface area contributed by atoms with E-state index in [1.807, 2.05) is 45.0 Å². The highest BCUT2D eigenvalue weighted by atomic mass is 127. The number of ether oxygens (including phenoxy) is 3. The fourth-order valence-corrected chi connectivity index (χ4v) is 3.80. The van der Waals surface area contributed by atoms with E-state index >= 15 is 0 Å². The summed E-state index contributed by atoms with van der Waals surface area (Å²) in [5.74, 6) is 1.66. The number of carbonyl (C=O) groups is 1. The second kappa shape index (κ2) is 10.8. The molecule has 0 aliphatic heterocycles. The van der Waals surface area contributed by atoms with Gasteiger partial charge in [0, 0.05) is 20.4 Å². The third-order valence-corrected chi connectivity index (χ3v) is 5.63. The van der Waals surface area contributed by atoms with Gasteiger partial charge in [-0.25, -0.2) is 4.98 Å². The van der Waals surface area contributed by atoms with E-state index in [2.05, 4.69) is 32.9 Å². The molecule has 0 fully saturated rings. The molecule has 0 spiro atoms. The van der Waals surface area contributed by atoms with Gasteiger partial charge in [0.25, 0.3) is 5.91 Å². The zero-order valence-electron chi connectivity index (χ0n) is 19.2. The SMILES string of the molecule is CCOc1cc(C(=O)Nc2ccc3oc(-c4ccc(I)cc4)nc3c2)cc(OCC)c1OCC. The highest BCUT2D eigenvalue weighted by molar-refractivity contribution is 14.1. The Balaban J connectivity index is 1.61. The van der Waals surface area contributed by atoms with Crippen LogP contribution >= 0.6 is 22.6 Å². The number of benzene rings is 3. The summed E-state index contributed by atoms with van der Waals surface area (Å²) in [7, 11) is 0. The number of fused-ring (bicyclic) bond motifs is 1. The molecule has 1 amide bonds. The van der Waals surface area contributed by atoms with Crippen molar-refractivity contribution in [3.05, 3.63) is 63.7 Å². The molecule has 0 aliphatic rings. The maximum Gasteiger partial charge on any atom is 0.255 e. The van der Waals surface area contributed by atoms with E-state index in [0.29, 0.717) is 65.3 Å². The quantitative estimate of drug-likeness (QED) is 0.229. The summed E-state index contributed by atoms with van der Waals surface area (Å²) in [6, 6.07) is 16.6. The van der Waals surface area contributed by atoms with Crippen LogP contribution in [0.15, 0.2) is 59.0 Å². The molecule has 0 saturated carbocycles. The predicted molar refractivity (Wildman–Crippen MR) is 140 cm³/mol. The molecule has 1 heterocycles. The topological polar surface area (TPSA) is 82.8 Å². The number of halogens is 1. The van der Waals surface area contributed by atoms with E-state index in [-0.39, 0.29) is 5.91 Å². The van der Waals surface area contributed by atoms with Crippen molar-refractivity contribution >= 4 is 45.3 Å². The zero-order chi connectivity index (χ0) is 24.1. The molecule has 1 N–H and O–H groups in total. The molecule has 3 aromatic carbocycles. The smallest absolute Gasteiger partial charge is 0.255 e. The van der Waals surface area contributed by atoms with Crippen LogP contribution in [0.1, 0.15) is 31.1 Å². The van der Waals surface area contributed by atoms with Crippen LogP contribution in [0.2, 0.25) is 0 Å². The van der Waals surface area contributed by atoms with Gasteiger partial charge < -0.3 is 23.9 Å². The highest BCUT2D eigenvalue weighted by Crippen LogP contribution is 2.39. The molecule has 1 aromatic heterocycles. The maximum absolute atomic E-state index is 13.1. The van der Waals surface area contributed by atoms with Gasteiger partial charge in [-0.1, -0.05) is 0 Å². The Bertz CT molecular complexity index is 1270. The molecule has 0 saturated heterocycles. The second-order valence-electron chi connectivity index (χ2n) is 7.26. The molecule has 0 unspecified atom stereocenters. The standard InChI is InChI=1S/C26H25IN2O5/c1-4-31-22-13-17(14-23(32-5-2)24(22)33-6-3)25(30)28-19-11-12-21-20(15-19)29-26(34-21)16-7-9-18(27)10-8-16/h7-15H,4-6H2,1-3H3,(H,28,30). The fraction of sp³-hybridized carbons (Fsp3) is 0.231. The summed E-state index contributed by atoms with van der Waals surface area (Å²) in [5, 5.41) is 2.92. The van der Waals surface area contributed by atoms with E-state index in [1.165, 1.54) is 0 Å². The monoisotopic (exact) mass is 572 g/mol. The van der Waals surface area contributed by atoms with Gasteiger partial charge in [-0.2, -0.15) is 0 Å². The van der Waals surface area contributed by atoms with Gasteiger partial charge in [0.2, 0.25) is 11.6 Å². The third kappa shape index (κ3) is 5.27. The number of hydrogen-bond donors (Lipinski definition) is 1. The molecule has 8 heteroatoms. The number of aromatic nitrogens is 1. The summed E-state index contributed by atoms with van der Waals surface area (Å²) >= 11 is 2.26. The average Bonchev–Trinajstić information content (AvgIpc) is 3.25. The van der Waals surface area contributed by atoms with E-state index in [4.69, 9.17) is 18.6 Å². The Labute approximate surface area is 211 Å². The Kier molecular flexibility index (Phi) is 7.56. The highest BCUT2D eigenvalue weighted by Gasteiger charge is 2.19. The van der Waals surface area contributed by atoms with Crippen molar-refractivity contribution in [1.82, 2.24) is 4.98 Å². The molecule has 34 heavy (non-hydrogen) atoms. The van der Waals surface area contributed by atoms with Gasteiger partial charge in [0.05, 0.1) is 19.8 Å². The summed E-state index contributed by atoms with van der Waals surface area (Å²) < 4.78 is 24.2. The van der Waals surface area contributed by atoms with Crippen LogP contribution in [0.5, 0.6) is 17.2 Å². The minimum Gasteiger partial charge on any atom is -0.490 e. The molecule has 0 atom stereocenters. The Morgan fingerprint density at radius 1 is 0.912 bits per heavy atom. The number of anilines is 1. The Hall–Kier alpha value is -3.27. The maximum atomic E-state index is 13.1. The largest absolute Gasteiger partial charge is 0.490 e. The summed E-state index contributed by atoms with van der Waals surface area (Å²) in [5.41, 5.74) is 3.19. The van der Waals surface area contributed by atoms with Crippen molar-refractivity contribution in [3.63, 3.8) is 0 Å². The third-order valence-electron chi connectivity index (χ3n) is 4.91. The number of oxazole rings is 1. The summed E-state index contributed by atoms with van der Waals surface area (Å²) in [6.07, 6.45) is 0. The molecule has 0 bridgehead atoms. The lowest BCUT2D eigenvalue weighted by Crippen LogP contribution is -2.13. The Morgan fingerprint density at radius 2 is 1.56 bits per heavy atom. The molecule has 176 valence electrons. The van der Waals surface area contributed by atoms with Gasteiger partial charge in [0.15, 0.2) is 17.1 Å². The van der Waals surface area contributed by atoms with Gasteiger partial charge in [-0.15, -0.1) is 0 Å². The molecule has 7 nitrogen and oxygen atoms in total. The van der Waals surface area contributed by atoms with Crippen LogP contribution in [-0.4, -0.2) is 30.7 Å². The summed E-state index contributed by atoms with van der Waals surface area (Å²) in [4.78, 5) is 17.7. The van der Waals surface area contributed by atoms with Crippen molar-refractivity contribution in [1.29, 1.82) is 0 Å². The van der Waals surface area contributed by atoms with Crippen LogP contribution in [0.4, 0.5) is 5.69 Å². The Morgan fingerprint density at radius 3 is 2.18 bits per heavy atom. The molecule has 4 rings (SSSR count). The van der Waals surface area contributed by atoms with E-state index in [0.717, 1.165) is 9.13 Å². The van der Waals surface area contributed by atoms with Crippen LogP contribution in [0.3, 0.4) is 0 Å². The molecule has 4 aromatic rings. The van der Waals surface area contributed by atoms with Crippen molar-refractivity contribution in [2.45, 2.75) is 20.8 Å². The van der Waals surface area contributed by atoms with Crippen LogP contribution in [0.25, 0.3) is 22.6 Å². The molecular weight excluding hydrogens is 547 g/mol. The number of nitrogens with one attached hydrogen (secondary N) is 1. The molecule has 0 aliphatic carbocycles. The summed E-state index contributed by atoms with van der Waals surface area (Å²) in [6.45, 7) is 6.95. The average molecular weight is 572 g/mol. The second-order valence-corrected chi connectivity index (χ2v) is 8.51. The van der Waals surface area contributed by atoms with Gasteiger partial charge in [0.1, 0.15) is 5.52 Å². The van der Waals surface area contributed by atoms with Crippen molar-refractivity contribution in [3.8, 4) is 28.7 Å². The van der Waals surface area contributed by atoms with E-state index in [1.54, 1.807) is 30.3 Å². The minimum atomic E-state index is -0.300. The fourth-order valence-electron chi connectivity index (χ4n) is 3.44. The first kappa shape index (κ1) is 23.9. The van der Waals surface area contributed by atoms with Crippen LogP contribution < -0.4 is 19.5 Å². The minimum absolute atomic E-state index is 0.300. The number of rotatable bonds is 9. The lowest BCUT2D eigenvalue weighted by molar-refractivity contribution is 0.102. The van der Waals surface area contributed by atoms with Gasteiger partial charge in [-0.3, -0.25) is 4.79 Å². The number of amides is 1. The molecular formula is C26H25IN2O5. The van der Waals surface area contributed by atoms with Crippen molar-refractivity contribution in [2.75, 3.05) is 25.1 Å². The van der Waals surface area contributed by atoms with Crippen molar-refractivity contribution < 1.29 is 23.4 Å². The first-order chi connectivity index (χ1) is 16.5. The lowest BCUT2D eigenvalue weighted by Gasteiger charge is -2.17. The van der Waals surface area contributed by atoms with Crippen molar-refractivity contribution in [2.24, 2.45) is 0 Å². The zero-order valence-corrected chi connectivity index (χ0v) is 21.3. The lowest BCUT2D eigenvalue weighted by atomic mass is 10.1. The molecule has 0 radical (unpaired) electrons. The number of nitrogens with zero attached hydrogens (tertiary/aromatic N) is 1. The van der Waals surface area contributed by atoms with Crippen LogP contribution in [-0.2, 0) is 0 Å². The van der Waals surface area contributed by atoms with Gasteiger partial charge in [-0.05, 0) is 98.0 Å². The normalized spacial score (nSPS) is 10.8. The van der Waals surface area contributed by atoms with Gasteiger partial charge >= 0.3 is 0 Å². The first-order valence-electron chi connectivity index (χ1n) is 11.1. The number of carbonyl (C=O) groups excluding carboxylic acids is 1. The predicted octanol–water partition coefficient (Wildman–Crippen LogP) is 6.55. The first-order valence-corrected chi connectivity index (χ1v) is 12.1. The number of hydrogen-bond acceptors (Lipinski definition) is 6. The van der Waals surface area contributed by atoms with E-state index in [9.17, 15) is 4.79 Å².